The summed E-state index contributed by atoms with van der Waals surface area (Å²) in [5.41, 5.74) is 0.979. The molecule has 0 unspecified atom stereocenters. The van der Waals surface area contributed by atoms with Gasteiger partial charge in [-0.1, -0.05) is 12.1 Å². The van der Waals surface area contributed by atoms with Gasteiger partial charge in [0.1, 0.15) is 11.6 Å². The van der Waals surface area contributed by atoms with Crippen LogP contribution in [-0.4, -0.2) is 5.91 Å². The maximum absolute atomic E-state index is 13.4. The van der Waals surface area contributed by atoms with Gasteiger partial charge in [-0.15, -0.1) is 0 Å². The largest absolute Gasteiger partial charge is 0.323 e. The van der Waals surface area contributed by atoms with Crippen molar-refractivity contribution >= 4 is 11.6 Å². The molecule has 0 fully saturated rings. The third kappa shape index (κ3) is 3.39. The quantitative estimate of drug-likeness (QED) is 0.933. The minimum absolute atomic E-state index is 0.0155. The molecule has 1 amide bonds. The lowest BCUT2D eigenvalue weighted by Gasteiger charge is -2.06. The monoisotopic (exact) mass is 272 g/mol. The van der Waals surface area contributed by atoms with Gasteiger partial charge in [0.2, 0.25) is 5.91 Å². The summed E-state index contributed by atoms with van der Waals surface area (Å²) in [7, 11) is 0. The summed E-state index contributed by atoms with van der Waals surface area (Å²) in [6.07, 6.45) is 0.0155. The van der Waals surface area contributed by atoms with Crippen molar-refractivity contribution in [3.63, 3.8) is 0 Å². The topological polar surface area (TPSA) is 52.9 Å². The van der Waals surface area contributed by atoms with Gasteiger partial charge in [-0.2, -0.15) is 5.26 Å². The minimum Gasteiger partial charge on any atom is -0.323 e. The molecule has 0 aromatic heterocycles. The molecule has 0 spiro atoms. The zero-order chi connectivity index (χ0) is 14.5. The summed E-state index contributed by atoms with van der Waals surface area (Å²) in [5, 5.41) is 11.0. The number of nitrogens with zero attached hydrogens (tertiary/aromatic N) is 1. The van der Waals surface area contributed by atoms with Crippen LogP contribution in [-0.2, 0) is 11.2 Å². The van der Waals surface area contributed by atoms with Crippen molar-refractivity contribution < 1.29 is 13.6 Å². The molecule has 0 atom stereocenters. The molecular weight excluding hydrogens is 262 g/mol. The Morgan fingerprint density at radius 3 is 2.50 bits per heavy atom. The molecule has 0 aliphatic heterocycles. The van der Waals surface area contributed by atoms with Crippen LogP contribution < -0.4 is 5.32 Å². The number of hydrogen-bond donors (Lipinski definition) is 1. The molecule has 0 aliphatic rings. The second kappa shape index (κ2) is 5.93. The van der Waals surface area contributed by atoms with Crippen molar-refractivity contribution in [1.29, 1.82) is 5.26 Å². The van der Waals surface area contributed by atoms with E-state index < -0.39 is 17.5 Å². The number of nitrogens with one attached hydrogen (secondary N) is 1. The van der Waals surface area contributed by atoms with Gasteiger partial charge in [-0.05, 0) is 29.8 Å². The van der Waals surface area contributed by atoms with Crippen LogP contribution in [0.1, 0.15) is 11.1 Å². The summed E-state index contributed by atoms with van der Waals surface area (Å²) in [4.78, 5) is 11.7. The average Bonchev–Trinajstić information content (AvgIpc) is 2.43. The highest BCUT2D eigenvalue weighted by atomic mass is 19.1. The van der Waals surface area contributed by atoms with Crippen LogP contribution in [0.15, 0.2) is 42.5 Å². The number of halogens is 2. The normalized spacial score (nSPS) is 9.85. The highest BCUT2D eigenvalue weighted by Gasteiger charge is 2.09. The van der Waals surface area contributed by atoms with Gasteiger partial charge in [0.15, 0.2) is 0 Å². The van der Waals surface area contributed by atoms with Crippen LogP contribution in [0, 0.1) is 23.0 Å². The second-order valence-corrected chi connectivity index (χ2v) is 4.16. The van der Waals surface area contributed by atoms with E-state index in [9.17, 15) is 13.6 Å². The molecule has 1 N–H and O–H groups in total. The Morgan fingerprint density at radius 2 is 1.85 bits per heavy atom. The lowest BCUT2D eigenvalue weighted by Crippen LogP contribution is -2.15. The first kappa shape index (κ1) is 13.7. The van der Waals surface area contributed by atoms with Crippen molar-refractivity contribution in [1.82, 2.24) is 0 Å². The molecule has 2 rings (SSSR count). The first-order valence-corrected chi connectivity index (χ1v) is 5.82. The van der Waals surface area contributed by atoms with E-state index in [1.807, 2.05) is 6.07 Å². The number of carbonyl (C=O) groups is 1. The van der Waals surface area contributed by atoms with Crippen LogP contribution in [0.25, 0.3) is 0 Å². The molecule has 5 heteroatoms. The molecule has 3 nitrogen and oxygen atoms in total. The van der Waals surface area contributed by atoms with E-state index in [0.717, 1.165) is 18.2 Å². The second-order valence-electron chi connectivity index (χ2n) is 4.16. The Bertz CT molecular complexity index is 675. The Morgan fingerprint density at radius 1 is 1.15 bits per heavy atom. The molecule has 0 heterocycles. The predicted molar refractivity (Wildman–Crippen MR) is 69.8 cm³/mol. The summed E-state index contributed by atoms with van der Waals surface area (Å²) in [6.45, 7) is 0. The number of rotatable bonds is 3. The molecule has 0 radical (unpaired) electrons. The molecule has 20 heavy (non-hydrogen) atoms. The van der Waals surface area contributed by atoms with E-state index in [-0.39, 0.29) is 12.1 Å². The fraction of sp³-hybridized carbons (Fsp3) is 0.0667. The maximum Gasteiger partial charge on any atom is 0.228 e. The van der Waals surface area contributed by atoms with Gasteiger partial charge >= 0.3 is 0 Å². The minimum atomic E-state index is -0.695. The van der Waals surface area contributed by atoms with Crippen LogP contribution in [0.5, 0.6) is 0 Å². The van der Waals surface area contributed by atoms with Crippen LogP contribution in [0.4, 0.5) is 14.5 Å². The zero-order valence-corrected chi connectivity index (χ0v) is 10.4. The van der Waals surface area contributed by atoms with Crippen molar-refractivity contribution in [2.24, 2.45) is 0 Å². The highest BCUT2D eigenvalue weighted by Crippen LogP contribution is 2.15. The van der Waals surface area contributed by atoms with E-state index in [0.29, 0.717) is 11.1 Å². The van der Waals surface area contributed by atoms with Gasteiger partial charge in [0, 0.05) is 6.07 Å². The van der Waals surface area contributed by atoms with Gasteiger partial charge in [-0.25, -0.2) is 8.78 Å². The maximum atomic E-state index is 13.4. The third-order valence-electron chi connectivity index (χ3n) is 2.65. The Kier molecular flexibility index (Phi) is 4.06. The molecule has 2 aromatic carbocycles. The lowest BCUT2D eigenvalue weighted by atomic mass is 10.1. The van der Waals surface area contributed by atoms with Gasteiger partial charge in [-0.3, -0.25) is 4.79 Å². The SMILES string of the molecule is N#Cc1ccc(CC(=O)Nc2cc(F)ccc2F)cc1. The number of carbonyl (C=O) groups excluding carboxylic acids is 1. The lowest BCUT2D eigenvalue weighted by molar-refractivity contribution is -0.115. The van der Waals surface area contributed by atoms with E-state index in [1.54, 1.807) is 24.3 Å². The zero-order valence-electron chi connectivity index (χ0n) is 10.4. The first-order chi connectivity index (χ1) is 9.58. The van der Waals surface area contributed by atoms with E-state index in [1.165, 1.54) is 0 Å². The molecule has 0 saturated heterocycles. The summed E-state index contributed by atoms with van der Waals surface area (Å²) < 4.78 is 26.3. The summed E-state index contributed by atoms with van der Waals surface area (Å²) >= 11 is 0. The number of nitriles is 1. The van der Waals surface area contributed by atoms with Crippen molar-refractivity contribution in [3.05, 3.63) is 65.2 Å². The molecule has 2 aromatic rings. The number of amides is 1. The Hall–Kier alpha value is -2.74. The molecule has 100 valence electrons. The average molecular weight is 272 g/mol. The van der Waals surface area contributed by atoms with Gasteiger partial charge < -0.3 is 5.32 Å². The van der Waals surface area contributed by atoms with E-state index in [4.69, 9.17) is 5.26 Å². The molecular formula is C15H10F2N2O. The van der Waals surface area contributed by atoms with Crippen molar-refractivity contribution in [3.8, 4) is 6.07 Å². The number of anilines is 1. The number of benzene rings is 2. The molecule has 0 saturated carbocycles. The first-order valence-electron chi connectivity index (χ1n) is 5.82. The van der Waals surface area contributed by atoms with Crippen LogP contribution >= 0.6 is 0 Å². The van der Waals surface area contributed by atoms with Gasteiger partial charge in [0.05, 0.1) is 23.7 Å². The fourth-order valence-corrected chi connectivity index (χ4v) is 1.67. The smallest absolute Gasteiger partial charge is 0.228 e. The van der Waals surface area contributed by atoms with Crippen LogP contribution in [0.3, 0.4) is 0 Å². The summed E-state index contributed by atoms with van der Waals surface area (Å²) in [5.74, 6) is -1.78. The Labute approximate surface area is 114 Å². The van der Waals surface area contributed by atoms with Crippen molar-refractivity contribution in [2.75, 3.05) is 5.32 Å². The van der Waals surface area contributed by atoms with Crippen LogP contribution in [0.2, 0.25) is 0 Å². The van der Waals surface area contributed by atoms with E-state index in [2.05, 4.69) is 5.32 Å². The standard InChI is InChI=1S/C15H10F2N2O/c16-12-5-6-13(17)14(8-12)19-15(20)7-10-1-3-11(9-18)4-2-10/h1-6,8H,7H2,(H,19,20). The molecule has 0 aliphatic carbocycles. The van der Waals surface area contributed by atoms with Gasteiger partial charge in [0.25, 0.3) is 0 Å². The third-order valence-corrected chi connectivity index (χ3v) is 2.65. The Balaban J connectivity index is 2.05. The number of hydrogen-bond acceptors (Lipinski definition) is 2. The van der Waals surface area contributed by atoms with Crippen molar-refractivity contribution in [2.45, 2.75) is 6.42 Å². The fourth-order valence-electron chi connectivity index (χ4n) is 1.67. The predicted octanol–water partition coefficient (Wildman–Crippen LogP) is 3.02. The summed E-state index contributed by atoms with van der Waals surface area (Å²) in [6, 6.07) is 11.3. The highest BCUT2D eigenvalue weighted by molar-refractivity contribution is 5.92. The van der Waals surface area contributed by atoms with E-state index >= 15 is 0 Å². The molecule has 0 bridgehead atoms.